The summed E-state index contributed by atoms with van der Waals surface area (Å²) in [5.74, 6) is 0.745. The molecular formula is C23H26N2O5S. The molecule has 164 valence electrons. The summed E-state index contributed by atoms with van der Waals surface area (Å²) in [4.78, 5) is 14.8. The Bertz CT molecular complexity index is 1070. The van der Waals surface area contributed by atoms with Crippen molar-refractivity contribution >= 4 is 15.9 Å². The molecule has 2 aromatic rings. The van der Waals surface area contributed by atoms with Gasteiger partial charge < -0.3 is 14.4 Å². The molecule has 1 amide bonds. The zero-order chi connectivity index (χ0) is 21.6. The number of nitrogens with zero attached hydrogens (tertiary/aromatic N) is 2. The average molecular weight is 443 g/mol. The molecule has 5 rings (SSSR count). The highest BCUT2D eigenvalue weighted by atomic mass is 32.2. The minimum atomic E-state index is -3.49. The lowest BCUT2D eigenvalue weighted by molar-refractivity contribution is -0.150. The van der Waals surface area contributed by atoms with E-state index >= 15 is 0 Å². The van der Waals surface area contributed by atoms with Crippen molar-refractivity contribution in [2.24, 2.45) is 0 Å². The highest BCUT2D eigenvalue weighted by molar-refractivity contribution is 7.90. The van der Waals surface area contributed by atoms with Crippen molar-refractivity contribution in [1.82, 2.24) is 9.21 Å². The summed E-state index contributed by atoms with van der Waals surface area (Å²) in [6.07, 6.45) is 0.491. The molecule has 0 aromatic heterocycles. The van der Waals surface area contributed by atoms with Crippen LogP contribution in [-0.2, 0) is 32.5 Å². The van der Waals surface area contributed by atoms with E-state index in [2.05, 4.69) is 0 Å². The van der Waals surface area contributed by atoms with Crippen molar-refractivity contribution in [1.29, 1.82) is 0 Å². The molecule has 2 bridgehead atoms. The molecule has 2 aromatic carbocycles. The zero-order valence-corrected chi connectivity index (χ0v) is 18.3. The maximum atomic E-state index is 13.3. The maximum absolute atomic E-state index is 13.3. The lowest BCUT2D eigenvalue weighted by Crippen LogP contribution is -2.56. The number of benzene rings is 2. The number of sulfonamides is 1. The number of carbonyl (C=O) groups excluding carboxylic acids is 1. The minimum absolute atomic E-state index is 0.00241. The molecule has 3 aliphatic rings. The second-order valence-electron chi connectivity index (χ2n) is 8.63. The van der Waals surface area contributed by atoms with E-state index in [1.54, 1.807) is 12.0 Å². The number of rotatable bonds is 5. The van der Waals surface area contributed by atoms with Gasteiger partial charge in [0, 0.05) is 19.6 Å². The number of fused-ring (bicyclic) bond motifs is 1. The van der Waals surface area contributed by atoms with Crippen LogP contribution in [0, 0.1) is 0 Å². The Balaban J connectivity index is 1.33. The third-order valence-corrected chi connectivity index (χ3v) is 8.90. The Morgan fingerprint density at radius 1 is 1.10 bits per heavy atom. The fourth-order valence-electron chi connectivity index (χ4n) is 5.10. The highest BCUT2D eigenvalue weighted by Gasteiger charge is 2.65. The normalized spacial score (nSPS) is 29.0. The summed E-state index contributed by atoms with van der Waals surface area (Å²) in [7, 11) is -1.88. The number of morpholine rings is 1. The molecule has 0 unspecified atom stereocenters. The van der Waals surface area contributed by atoms with Gasteiger partial charge in [-0.15, -0.1) is 0 Å². The van der Waals surface area contributed by atoms with Crippen LogP contribution >= 0.6 is 0 Å². The molecular weight excluding hydrogens is 416 g/mol. The van der Waals surface area contributed by atoms with Gasteiger partial charge in [0.1, 0.15) is 16.6 Å². The van der Waals surface area contributed by atoms with E-state index in [-0.39, 0.29) is 25.0 Å². The molecule has 3 fully saturated rings. The second kappa shape index (κ2) is 7.62. The molecule has 3 saturated heterocycles. The molecule has 7 nitrogen and oxygen atoms in total. The van der Waals surface area contributed by atoms with Crippen LogP contribution in [0.15, 0.2) is 54.6 Å². The van der Waals surface area contributed by atoms with Gasteiger partial charge in [0.15, 0.2) is 0 Å². The lowest BCUT2D eigenvalue weighted by atomic mass is 9.99. The third-order valence-electron chi connectivity index (χ3n) is 6.58. The molecule has 0 radical (unpaired) electrons. The van der Waals surface area contributed by atoms with Gasteiger partial charge in [-0.25, -0.2) is 8.42 Å². The van der Waals surface area contributed by atoms with E-state index < -0.39 is 20.9 Å². The van der Waals surface area contributed by atoms with Gasteiger partial charge in [0.25, 0.3) is 0 Å². The van der Waals surface area contributed by atoms with E-state index in [1.807, 2.05) is 54.6 Å². The fourth-order valence-corrected chi connectivity index (χ4v) is 7.39. The molecule has 3 atom stereocenters. The highest BCUT2D eigenvalue weighted by Crippen LogP contribution is 2.47. The van der Waals surface area contributed by atoms with E-state index in [0.29, 0.717) is 26.1 Å². The van der Waals surface area contributed by atoms with Crippen molar-refractivity contribution < 1.29 is 22.7 Å². The van der Waals surface area contributed by atoms with Gasteiger partial charge >= 0.3 is 0 Å². The number of methoxy groups -OCH3 is 1. The van der Waals surface area contributed by atoms with Crippen LogP contribution in [0.25, 0.3) is 0 Å². The Morgan fingerprint density at radius 2 is 1.84 bits per heavy atom. The van der Waals surface area contributed by atoms with E-state index in [4.69, 9.17) is 9.47 Å². The summed E-state index contributed by atoms with van der Waals surface area (Å²) < 4.78 is 39.5. The van der Waals surface area contributed by atoms with Crippen molar-refractivity contribution in [2.75, 3.05) is 26.7 Å². The van der Waals surface area contributed by atoms with Gasteiger partial charge in [-0.3, -0.25) is 4.79 Å². The smallest absolute Gasteiger partial charge is 0.227 e. The number of hydrogen-bond donors (Lipinski definition) is 0. The van der Waals surface area contributed by atoms with Crippen molar-refractivity contribution in [2.45, 2.75) is 36.3 Å². The monoisotopic (exact) mass is 442 g/mol. The van der Waals surface area contributed by atoms with Crippen LogP contribution in [0.1, 0.15) is 17.5 Å². The number of carbonyl (C=O) groups is 1. The SMILES string of the molecule is COc1ccc(CC(=O)N2C[C@H]3C[C@H]4[C@](C2)(CN(Cc2ccccc2)S4(=O)=O)O3)cc1. The molecule has 0 saturated carbocycles. The van der Waals surface area contributed by atoms with Gasteiger partial charge in [-0.05, 0) is 29.7 Å². The van der Waals surface area contributed by atoms with Crippen LogP contribution in [0.3, 0.4) is 0 Å². The van der Waals surface area contributed by atoms with Crippen molar-refractivity contribution in [3.05, 3.63) is 65.7 Å². The Hall–Kier alpha value is -2.42. The Kier molecular flexibility index (Phi) is 5.03. The number of ether oxygens (including phenoxy) is 2. The minimum Gasteiger partial charge on any atom is -0.497 e. The number of likely N-dealkylation sites (tertiary alicyclic amines) is 1. The lowest BCUT2D eigenvalue weighted by Gasteiger charge is -2.39. The van der Waals surface area contributed by atoms with E-state index in [0.717, 1.165) is 16.9 Å². The topological polar surface area (TPSA) is 76.2 Å². The summed E-state index contributed by atoms with van der Waals surface area (Å²) in [5, 5.41) is -0.590. The van der Waals surface area contributed by atoms with Crippen LogP contribution in [0.5, 0.6) is 5.75 Å². The van der Waals surface area contributed by atoms with Crippen LogP contribution in [0.4, 0.5) is 0 Å². The second-order valence-corrected chi connectivity index (χ2v) is 10.7. The first-order valence-electron chi connectivity index (χ1n) is 10.5. The Morgan fingerprint density at radius 3 is 2.55 bits per heavy atom. The van der Waals surface area contributed by atoms with Crippen molar-refractivity contribution in [3.8, 4) is 5.75 Å². The van der Waals surface area contributed by atoms with Crippen molar-refractivity contribution in [3.63, 3.8) is 0 Å². The third kappa shape index (κ3) is 3.62. The van der Waals surface area contributed by atoms with Crippen LogP contribution < -0.4 is 4.74 Å². The predicted molar refractivity (Wildman–Crippen MR) is 115 cm³/mol. The quantitative estimate of drug-likeness (QED) is 0.706. The van der Waals surface area contributed by atoms with Crippen LogP contribution in [0.2, 0.25) is 0 Å². The molecule has 3 heterocycles. The van der Waals surface area contributed by atoms with Crippen LogP contribution in [-0.4, -0.2) is 67.2 Å². The molecule has 31 heavy (non-hydrogen) atoms. The predicted octanol–water partition coefficient (Wildman–Crippen LogP) is 1.82. The van der Waals surface area contributed by atoms with Gasteiger partial charge in [0.2, 0.25) is 15.9 Å². The first-order chi connectivity index (χ1) is 14.9. The largest absolute Gasteiger partial charge is 0.497 e. The maximum Gasteiger partial charge on any atom is 0.227 e. The molecule has 0 aliphatic carbocycles. The standard InChI is InChI=1S/C23H26N2O5S/c1-29-19-9-7-17(8-10-19)11-22(26)24-14-20-12-21-23(15-24,30-20)16-25(31(21,27)28)13-18-5-3-2-4-6-18/h2-10,20-21H,11-16H2,1H3/t20-,21+,23+/m1/s1. The molecule has 3 aliphatic heterocycles. The summed E-state index contributed by atoms with van der Waals surface area (Å²) in [5.41, 5.74) is 1.01. The molecule has 8 heteroatoms. The van der Waals surface area contributed by atoms with Gasteiger partial charge in [0.05, 0.1) is 26.2 Å². The fraction of sp³-hybridized carbons (Fsp3) is 0.435. The first kappa shape index (κ1) is 20.5. The average Bonchev–Trinajstić information content (AvgIpc) is 3.14. The number of amides is 1. The van der Waals surface area contributed by atoms with E-state index in [1.165, 1.54) is 4.31 Å². The summed E-state index contributed by atoms with van der Waals surface area (Å²) in [6, 6.07) is 17.0. The molecule has 1 spiro atoms. The summed E-state index contributed by atoms with van der Waals surface area (Å²) >= 11 is 0. The zero-order valence-electron chi connectivity index (χ0n) is 17.4. The Labute approximate surface area is 182 Å². The molecule has 0 N–H and O–H groups in total. The van der Waals surface area contributed by atoms with E-state index in [9.17, 15) is 13.2 Å². The van der Waals surface area contributed by atoms with Gasteiger partial charge in [-0.2, -0.15) is 4.31 Å². The number of hydrogen-bond acceptors (Lipinski definition) is 5. The first-order valence-corrected chi connectivity index (χ1v) is 12.0. The summed E-state index contributed by atoms with van der Waals surface area (Å²) in [6.45, 7) is 1.38. The van der Waals surface area contributed by atoms with Gasteiger partial charge in [-0.1, -0.05) is 42.5 Å².